The highest BCUT2D eigenvalue weighted by atomic mass is 16.5. The second-order valence-electron chi connectivity index (χ2n) is 7.13. The standard InChI is InChI=1S/C20H25N3O4/c1-12(2)18-17(14(4)22-27-18)19(24)21-16-7-5-15(6-8-16)20(25)23-9-10-26-13(3)11-23/h5-8,12-13H,9-11H2,1-4H3,(H,21,24). The maximum atomic E-state index is 12.6. The smallest absolute Gasteiger partial charge is 0.261 e. The van der Waals surface area contributed by atoms with Crippen molar-refractivity contribution in [1.29, 1.82) is 0 Å². The van der Waals surface area contributed by atoms with Crippen LogP contribution in [-0.4, -0.2) is 47.7 Å². The van der Waals surface area contributed by atoms with Gasteiger partial charge in [-0.3, -0.25) is 9.59 Å². The van der Waals surface area contributed by atoms with Gasteiger partial charge in [-0.05, 0) is 38.1 Å². The first-order valence-electron chi connectivity index (χ1n) is 9.15. The minimum absolute atomic E-state index is 0.0278. The summed E-state index contributed by atoms with van der Waals surface area (Å²) in [5.74, 6) is 0.333. The topological polar surface area (TPSA) is 84.7 Å². The molecule has 1 saturated heterocycles. The number of nitrogens with one attached hydrogen (secondary N) is 1. The number of anilines is 1. The van der Waals surface area contributed by atoms with E-state index in [2.05, 4.69) is 10.5 Å². The molecule has 1 atom stereocenters. The van der Waals surface area contributed by atoms with Crippen LogP contribution in [0, 0.1) is 6.92 Å². The summed E-state index contributed by atoms with van der Waals surface area (Å²) in [4.78, 5) is 27.0. The number of benzene rings is 1. The molecule has 144 valence electrons. The fraction of sp³-hybridized carbons (Fsp3) is 0.450. The van der Waals surface area contributed by atoms with Crippen molar-refractivity contribution in [2.75, 3.05) is 25.0 Å². The van der Waals surface area contributed by atoms with Gasteiger partial charge in [0.05, 0.1) is 18.4 Å². The van der Waals surface area contributed by atoms with E-state index >= 15 is 0 Å². The summed E-state index contributed by atoms with van der Waals surface area (Å²) in [6, 6.07) is 6.91. The summed E-state index contributed by atoms with van der Waals surface area (Å²) in [6.45, 7) is 9.32. The Labute approximate surface area is 158 Å². The van der Waals surface area contributed by atoms with Gasteiger partial charge < -0.3 is 19.5 Å². The van der Waals surface area contributed by atoms with E-state index in [1.165, 1.54) is 0 Å². The molecule has 1 fully saturated rings. The summed E-state index contributed by atoms with van der Waals surface area (Å²) in [5, 5.41) is 6.75. The van der Waals surface area contributed by atoms with Crippen molar-refractivity contribution in [3.8, 4) is 0 Å². The molecule has 1 aromatic heterocycles. The average Bonchev–Trinajstić information content (AvgIpc) is 3.04. The molecule has 1 aromatic carbocycles. The van der Waals surface area contributed by atoms with Crippen LogP contribution in [0.25, 0.3) is 0 Å². The van der Waals surface area contributed by atoms with E-state index in [0.717, 1.165) is 0 Å². The molecule has 27 heavy (non-hydrogen) atoms. The minimum atomic E-state index is -0.265. The van der Waals surface area contributed by atoms with Gasteiger partial charge in [0, 0.05) is 30.3 Å². The van der Waals surface area contributed by atoms with Gasteiger partial charge >= 0.3 is 0 Å². The fourth-order valence-electron chi connectivity index (χ4n) is 3.13. The van der Waals surface area contributed by atoms with E-state index in [1.807, 2.05) is 20.8 Å². The minimum Gasteiger partial charge on any atom is -0.375 e. The third kappa shape index (κ3) is 4.19. The lowest BCUT2D eigenvalue weighted by Crippen LogP contribution is -2.44. The van der Waals surface area contributed by atoms with Gasteiger partial charge in [-0.1, -0.05) is 19.0 Å². The Balaban J connectivity index is 1.70. The number of hydrogen-bond donors (Lipinski definition) is 1. The van der Waals surface area contributed by atoms with Crippen molar-refractivity contribution < 1.29 is 18.8 Å². The number of ether oxygens (including phenoxy) is 1. The number of hydrogen-bond acceptors (Lipinski definition) is 5. The molecule has 1 N–H and O–H groups in total. The summed E-state index contributed by atoms with van der Waals surface area (Å²) in [7, 11) is 0. The van der Waals surface area contributed by atoms with Crippen molar-refractivity contribution in [1.82, 2.24) is 10.1 Å². The lowest BCUT2D eigenvalue weighted by atomic mass is 10.0. The number of amides is 2. The summed E-state index contributed by atoms with van der Waals surface area (Å²) < 4.78 is 10.7. The zero-order chi connectivity index (χ0) is 19.6. The third-order valence-electron chi connectivity index (χ3n) is 4.56. The van der Waals surface area contributed by atoms with Gasteiger partial charge in [0.2, 0.25) is 0 Å². The highest BCUT2D eigenvalue weighted by Crippen LogP contribution is 2.23. The van der Waals surface area contributed by atoms with E-state index in [1.54, 1.807) is 36.1 Å². The molecule has 1 aliphatic heterocycles. The van der Waals surface area contributed by atoms with Gasteiger partial charge in [0.25, 0.3) is 11.8 Å². The number of carbonyl (C=O) groups is 2. The predicted octanol–water partition coefficient (Wildman–Crippen LogP) is 3.22. The van der Waals surface area contributed by atoms with Crippen LogP contribution in [0.5, 0.6) is 0 Å². The molecule has 0 saturated carbocycles. The van der Waals surface area contributed by atoms with Crippen molar-refractivity contribution in [3.63, 3.8) is 0 Å². The van der Waals surface area contributed by atoms with Crippen LogP contribution in [0.15, 0.2) is 28.8 Å². The summed E-state index contributed by atoms with van der Waals surface area (Å²) >= 11 is 0. The van der Waals surface area contributed by atoms with E-state index in [0.29, 0.717) is 48.0 Å². The number of carbonyl (C=O) groups excluding carboxylic acids is 2. The zero-order valence-electron chi connectivity index (χ0n) is 16.1. The molecule has 0 aliphatic carbocycles. The van der Waals surface area contributed by atoms with Gasteiger partial charge in [-0.2, -0.15) is 0 Å². The fourth-order valence-corrected chi connectivity index (χ4v) is 3.13. The molecule has 7 heteroatoms. The van der Waals surface area contributed by atoms with Gasteiger partial charge in [0.15, 0.2) is 5.76 Å². The van der Waals surface area contributed by atoms with Crippen LogP contribution in [0.2, 0.25) is 0 Å². The Morgan fingerprint density at radius 2 is 1.96 bits per heavy atom. The summed E-state index contributed by atoms with van der Waals surface area (Å²) in [5.41, 5.74) is 2.23. The van der Waals surface area contributed by atoms with Gasteiger partial charge in [0.1, 0.15) is 5.56 Å². The molecule has 2 aromatic rings. The molecule has 7 nitrogen and oxygen atoms in total. The van der Waals surface area contributed by atoms with Crippen LogP contribution in [0.3, 0.4) is 0 Å². The molecule has 0 radical (unpaired) electrons. The molecule has 3 rings (SSSR count). The number of aromatic nitrogens is 1. The molecule has 1 aliphatic rings. The number of aryl methyl sites for hydroxylation is 1. The molecule has 0 spiro atoms. The maximum Gasteiger partial charge on any atom is 0.261 e. The van der Waals surface area contributed by atoms with E-state index in [-0.39, 0.29) is 23.8 Å². The third-order valence-corrected chi connectivity index (χ3v) is 4.56. The van der Waals surface area contributed by atoms with Crippen molar-refractivity contribution >= 4 is 17.5 Å². The lowest BCUT2D eigenvalue weighted by Gasteiger charge is -2.31. The van der Waals surface area contributed by atoms with Crippen LogP contribution < -0.4 is 5.32 Å². The quantitative estimate of drug-likeness (QED) is 0.892. The van der Waals surface area contributed by atoms with Gasteiger partial charge in [-0.15, -0.1) is 0 Å². The van der Waals surface area contributed by atoms with Crippen LogP contribution >= 0.6 is 0 Å². The Morgan fingerprint density at radius 3 is 2.59 bits per heavy atom. The first-order valence-corrected chi connectivity index (χ1v) is 9.15. The molecule has 1 unspecified atom stereocenters. The largest absolute Gasteiger partial charge is 0.375 e. The van der Waals surface area contributed by atoms with Crippen LogP contribution in [0.1, 0.15) is 58.9 Å². The second kappa shape index (κ2) is 7.92. The Kier molecular flexibility index (Phi) is 5.60. The van der Waals surface area contributed by atoms with Crippen LogP contribution in [0.4, 0.5) is 5.69 Å². The second-order valence-corrected chi connectivity index (χ2v) is 7.13. The molecular formula is C20H25N3O4. The molecule has 0 bridgehead atoms. The van der Waals surface area contributed by atoms with E-state index in [9.17, 15) is 9.59 Å². The van der Waals surface area contributed by atoms with E-state index < -0.39 is 0 Å². The number of nitrogens with zero attached hydrogens (tertiary/aromatic N) is 2. The Hall–Kier alpha value is -2.67. The van der Waals surface area contributed by atoms with Crippen LogP contribution in [-0.2, 0) is 4.74 Å². The summed E-state index contributed by atoms with van der Waals surface area (Å²) in [6.07, 6.45) is 0.0447. The van der Waals surface area contributed by atoms with Crippen molar-refractivity contribution in [2.24, 2.45) is 0 Å². The molecule has 2 amide bonds. The first-order chi connectivity index (χ1) is 12.9. The SMILES string of the molecule is Cc1noc(C(C)C)c1C(=O)Nc1ccc(C(=O)N2CCOC(C)C2)cc1. The highest BCUT2D eigenvalue weighted by molar-refractivity contribution is 6.06. The zero-order valence-corrected chi connectivity index (χ0v) is 16.1. The normalized spacial score (nSPS) is 17.2. The van der Waals surface area contributed by atoms with Crippen molar-refractivity contribution in [2.45, 2.75) is 39.7 Å². The number of rotatable bonds is 4. The first kappa shape index (κ1) is 19.1. The highest BCUT2D eigenvalue weighted by Gasteiger charge is 2.24. The van der Waals surface area contributed by atoms with Crippen molar-refractivity contribution in [3.05, 3.63) is 46.8 Å². The lowest BCUT2D eigenvalue weighted by molar-refractivity contribution is -0.0124. The monoisotopic (exact) mass is 371 g/mol. The predicted molar refractivity (Wildman–Crippen MR) is 101 cm³/mol. The Morgan fingerprint density at radius 1 is 1.26 bits per heavy atom. The van der Waals surface area contributed by atoms with E-state index in [4.69, 9.17) is 9.26 Å². The number of morpholine rings is 1. The average molecular weight is 371 g/mol. The Bertz CT molecular complexity index is 826. The maximum absolute atomic E-state index is 12.6. The molecular weight excluding hydrogens is 346 g/mol. The molecule has 2 heterocycles. The van der Waals surface area contributed by atoms with Gasteiger partial charge in [-0.25, -0.2) is 0 Å².